The summed E-state index contributed by atoms with van der Waals surface area (Å²) in [5, 5.41) is 8.94. The maximum atomic E-state index is 12.3. The Morgan fingerprint density at radius 2 is 2.28 bits per heavy atom. The van der Waals surface area contributed by atoms with Crippen LogP contribution in [0.5, 0.6) is 0 Å². The lowest BCUT2D eigenvalue weighted by Crippen LogP contribution is -2.31. The van der Waals surface area contributed by atoms with E-state index < -0.39 is 11.9 Å². The SMILES string of the molecule is CCn1cc(Br)cc1C(=O)N1CC[C@@H](C(=O)O)C1. The van der Waals surface area contributed by atoms with Crippen molar-refractivity contribution in [1.82, 2.24) is 9.47 Å². The van der Waals surface area contributed by atoms with Crippen LogP contribution >= 0.6 is 15.9 Å². The number of aliphatic carboxylic acids is 1. The molecule has 0 spiro atoms. The quantitative estimate of drug-likeness (QED) is 0.925. The molecule has 1 amide bonds. The highest BCUT2D eigenvalue weighted by Gasteiger charge is 2.32. The Morgan fingerprint density at radius 1 is 1.56 bits per heavy atom. The molecule has 0 bridgehead atoms. The molecule has 1 N–H and O–H groups in total. The Labute approximate surface area is 114 Å². The van der Waals surface area contributed by atoms with Crippen molar-refractivity contribution in [2.75, 3.05) is 13.1 Å². The molecule has 1 aromatic heterocycles. The maximum Gasteiger partial charge on any atom is 0.308 e. The lowest BCUT2D eigenvalue weighted by molar-refractivity contribution is -0.141. The zero-order chi connectivity index (χ0) is 13.3. The van der Waals surface area contributed by atoms with Gasteiger partial charge in [-0.1, -0.05) is 0 Å². The minimum absolute atomic E-state index is 0.0914. The van der Waals surface area contributed by atoms with Crippen molar-refractivity contribution >= 4 is 27.8 Å². The predicted octanol–water partition coefficient (Wildman–Crippen LogP) is 1.82. The summed E-state index contributed by atoms with van der Waals surface area (Å²) in [5.74, 6) is -1.34. The molecule has 6 heteroatoms. The van der Waals surface area contributed by atoms with Crippen molar-refractivity contribution in [3.05, 3.63) is 22.4 Å². The summed E-state index contributed by atoms with van der Waals surface area (Å²) in [4.78, 5) is 24.8. The molecule has 0 aliphatic carbocycles. The summed E-state index contributed by atoms with van der Waals surface area (Å²) in [6.07, 6.45) is 2.40. The largest absolute Gasteiger partial charge is 0.481 e. The first-order valence-corrected chi connectivity index (χ1v) is 6.70. The van der Waals surface area contributed by atoms with E-state index in [9.17, 15) is 9.59 Å². The highest BCUT2D eigenvalue weighted by Crippen LogP contribution is 2.21. The molecule has 1 aromatic rings. The maximum absolute atomic E-state index is 12.3. The first-order valence-electron chi connectivity index (χ1n) is 5.90. The van der Waals surface area contributed by atoms with Crippen LogP contribution in [-0.2, 0) is 11.3 Å². The number of hydrogen-bond acceptors (Lipinski definition) is 2. The minimum Gasteiger partial charge on any atom is -0.481 e. The molecule has 1 aliphatic heterocycles. The fraction of sp³-hybridized carbons (Fsp3) is 0.500. The molecule has 0 aromatic carbocycles. The second-order valence-corrected chi connectivity index (χ2v) is 5.32. The molecule has 18 heavy (non-hydrogen) atoms. The molecule has 2 heterocycles. The van der Waals surface area contributed by atoms with E-state index in [0.29, 0.717) is 31.7 Å². The molecule has 0 radical (unpaired) electrons. The summed E-state index contributed by atoms with van der Waals surface area (Å²) in [6.45, 7) is 3.50. The molecule has 98 valence electrons. The normalized spacial score (nSPS) is 19.2. The van der Waals surface area contributed by atoms with Gasteiger partial charge in [0.1, 0.15) is 5.69 Å². The Bertz CT molecular complexity index is 484. The van der Waals surface area contributed by atoms with Crippen molar-refractivity contribution in [2.45, 2.75) is 19.9 Å². The van der Waals surface area contributed by atoms with Crippen LogP contribution in [0.3, 0.4) is 0 Å². The van der Waals surface area contributed by atoms with Crippen LogP contribution in [0.25, 0.3) is 0 Å². The van der Waals surface area contributed by atoms with Crippen LogP contribution in [0.4, 0.5) is 0 Å². The van der Waals surface area contributed by atoms with Crippen molar-refractivity contribution in [3.8, 4) is 0 Å². The predicted molar refractivity (Wildman–Crippen MR) is 69.5 cm³/mol. The van der Waals surface area contributed by atoms with Crippen LogP contribution in [0.15, 0.2) is 16.7 Å². The average molecular weight is 315 g/mol. The van der Waals surface area contributed by atoms with Gasteiger partial charge in [-0.3, -0.25) is 9.59 Å². The molecule has 1 fully saturated rings. The standard InChI is InChI=1S/C12H15BrN2O3/c1-2-14-7-9(13)5-10(14)11(16)15-4-3-8(6-15)12(17)18/h5,7-8H,2-4,6H2,1H3,(H,17,18)/t8-/m1/s1. The van der Waals surface area contributed by atoms with Crippen molar-refractivity contribution in [2.24, 2.45) is 5.92 Å². The number of amides is 1. The van der Waals surface area contributed by atoms with Gasteiger partial charge in [0.15, 0.2) is 0 Å². The number of hydrogen-bond donors (Lipinski definition) is 1. The third-order valence-electron chi connectivity index (χ3n) is 3.25. The second kappa shape index (κ2) is 5.14. The molecule has 0 unspecified atom stereocenters. The van der Waals surface area contributed by atoms with Gasteiger partial charge < -0.3 is 14.6 Å². The van der Waals surface area contributed by atoms with Gasteiger partial charge in [0.2, 0.25) is 0 Å². The van der Waals surface area contributed by atoms with Gasteiger partial charge in [0.25, 0.3) is 5.91 Å². The number of likely N-dealkylation sites (tertiary alicyclic amines) is 1. The number of carbonyl (C=O) groups excluding carboxylic acids is 1. The molecule has 2 rings (SSSR count). The van der Waals surface area contributed by atoms with Gasteiger partial charge in [-0.2, -0.15) is 0 Å². The zero-order valence-electron chi connectivity index (χ0n) is 10.1. The van der Waals surface area contributed by atoms with Crippen LogP contribution in [-0.4, -0.2) is 39.5 Å². The summed E-state index contributed by atoms with van der Waals surface area (Å²) in [5.41, 5.74) is 0.607. The summed E-state index contributed by atoms with van der Waals surface area (Å²) in [7, 11) is 0. The Morgan fingerprint density at radius 3 is 2.83 bits per heavy atom. The first kappa shape index (κ1) is 13.1. The fourth-order valence-electron chi connectivity index (χ4n) is 2.22. The van der Waals surface area contributed by atoms with E-state index in [4.69, 9.17) is 5.11 Å². The zero-order valence-corrected chi connectivity index (χ0v) is 11.7. The van der Waals surface area contributed by atoms with Gasteiger partial charge in [0, 0.05) is 30.3 Å². The van der Waals surface area contributed by atoms with E-state index in [1.807, 2.05) is 17.7 Å². The van der Waals surface area contributed by atoms with Gasteiger partial charge in [0.05, 0.1) is 5.92 Å². The van der Waals surface area contributed by atoms with E-state index in [2.05, 4.69) is 15.9 Å². The minimum atomic E-state index is -0.822. The van der Waals surface area contributed by atoms with Crippen molar-refractivity contribution < 1.29 is 14.7 Å². The smallest absolute Gasteiger partial charge is 0.308 e. The van der Waals surface area contributed by atoms with Gasteiger partial charge in [-0.15, -0.1) is 0 Å². The van der Waals surface area contributed by atoms with Gasteiger partial charge >= 0.3 is 5.97 Å². The van der Waals surface area contributed by atoms with Crippen molar-refractivity contribution in [1.29, 1.82) is 0 Å². The lowest BCUT2D eigenvalue weighted by atomic mass is 10.1. The summed E-state index contributed by atoms with van der Waals surface area (Å²) >= 11 is 3.35. The number of nitrogens with zero attached hydrogens (tertiary/aromatic N) is 2. The molecule has 1 aliphatic rings. The number of halogens is 1. The Kier molecular flexibility index (Phi) is 3.75. The number of aryl methyl sites for hydroxylation is 1. The van der Waals surface area contributed by atoms with Crippen LogP contribution < -0.4 is 0 Å². The molecular weight excluding hydrogens is 300 g/mol. The molecule has 0 saturated carbocycles. The highest BCUT2D eigenvalue weighted by molar-refractivity contribution is 9.10. The summed E-state index contributed by atoms with van der Waals surface area (Å²) in [6, 6.07) is 1.78. The number of aromatic nitrogens is 1. The first-order chi connectivity index (χ1) is 8.52. The average Bonchev–Trinajstić information content (AvgIpc) is 2.94. The van der Waals surface area contributed by atoms with E-state index in [1.165, 1.54) is 0 Å². The van der Waals surface area contributed by atoms with Crippen LogP contribution in [0.2, 0.25) is 0 Å². The third-order valence-corrected chi connectivity index (χ3v) is 3.68. The monoisotopic (exact) mass is 314 g/mol. The number of carboxylic acids is 1. The lowest BCUT2D eigenvalue weighted by Gasteiger charge is -2.16. The molecule has 1 saturated heterocycles. The Hall–Kier alpha value is -1.30. The topological polar surface area (TPSA) is 62.5 Å². The van der Waals surface area contributed by atoms with Gasteiger partial charge in [-0.05, 0) is 35.3 Å². The van der Waals surface area contributed by atoms with Crippen molar-refractivity contribution in [3.63, 3.8) is 0 Å². The molecule has 1 atom stereocenters. The van der Waals surface area contributed by atoms with E-state index in [1.54, 1.807) is 11.0 Å². The molecule has 5 nitrogen and oxygen atoms in total. The number of rotatable bonds is 3. The Balaban J connectivity index is 2.15. The van der Waals surface area contributed by atoms with E-state index in [-0.39, 0.29) is 5.91 Å². The second-order valence-electron chi connectivity index (χ2n) is 4.40. The number of carboxylic acid groups (broad SMARTS) is 1. The van der Waals surface area contributed by atoms with Gasteiger partial charge in [-0.25, -0.2) is 0 Å². The summed E-state index contributed by atoms with van der Waals surface area (Å²) < 4.78 is 2.72. The van der Waals surface area contributed by atoms with E-state index in [0.717, 1.165) is 4.47 Å². The van der Waals surface area contributed by atoms with Crippen LogP contribution in [0, 0.1) is 5.92 Å². The number of carbonyl (C=O) groups is 2. The van der Waals surface area contributed by atoms with E-state index >= 15 is 0 Å². The molecular formula is C12H15BrN2O3. The third kappa shape index (κ3) is 2.43. The van der Waals surface area contributed by atoms with Crippen LogP contribution in [0.1, 0.15) is 23.8 Å². The highest BCUT2D eigenvalue weighted by atomic mass is 79.9. The fourth-order valence-corrected chi connectivity index (χ4v) is 2.69.